The lowest BCUT2D eigenvalue weighted by Gasteiger charge is -2.33. The molecule has 1 fully saturated rings. The van der Waals surface area contributed by atoms with Crippen molar-refractivity contribution in [3.8, 4) is 5.75 Å². The van der Waals surface area contributed by atoms with Crippen LogP contribution >= 0.6 is 0 Å². The molecule has 0 saturated carbocycles. The summed E-state index contributed by atoms with van der Waals surface area (Å²) in [5, 5.41) is 8.72. The number of carbonyl (C=O) groups is 1. The monoisotopic (exact) mass is 424 g/mol. The number of oxazole rings is 1. The lowest BCUT2D eigenvalue weighted by atomic mass is 10.0. The van der Waals surface area contributed by atoms with Gasteiger partial charge >= 0.3 is 5.97 Å². The van der Waals surface area contributed by atoms with Gasteiger partial charge in [-0.05, 0) is 54.8 Å². The average Bonchev–Trinajstić information content (AvgIpc) is 3.22. The van der Waals surface area contributed by atoms with E-state index in [0.717, 1.165) is 49.2 Å². The average molecular weight is 424 g/mol. The van der Waals surface area contributed by atoms with Crippen LogP contribution in [0.3, 0.4) is 0 Å². The first-order valence-corrected chi connectivity index (χ1v) is 10.4. The van der Waals surface area contributed by atoms with Crippen LogP contribution in [0.4, 0.5) is 4.39 Å². The lowest BCUT2D eigenvalue weighted by Crippen LogP contribution is -2.33. The number of aliphatic carboxylic acids is 1. The fourth-order valence-corrected chi connectivity index (χ4v) is 3.94. The molecule has 3 aromatic rings. The number of nitrogens with zero attached hydrogens (tertiary/aromatic N) is 2. The van der Waals surface area contributed by atoms with Crippen molar-refractivity contribution >= 4 is 5.97 Å². The van der Waals surface area contributed by atoms with Crippen LogP contribution in [-0.2, 0) is 17.8 Å². The van der Waals surface area contributed by atoms with Crippen molar-refractivity contribution in [1.29, 1.82) is 0 Å². The van der Waals surface area contributed by atoms with Crippen molar-refractivity contribution in [2.75, 3.05) is 13.2 Å². The van der Waals surface area contributed by atoms with Crippen LogP contribution in [0.5, 0.6) is 5.75 Å². The summed E-state index contributed by atoms with van der Waals surface area (Å²) < 4.78 is 24.7. The Bertz CT molecular complexity index is 1020. The zero-order valence-electron chi connectivity index (χ0n) is 17.2. The van der Waals surface area contributed by atoms with Crippen LogP contribution in [0.25, 0.3) is 0 Å². The van der Waals surface area contributed by atoms with Crippen LogP contribution in [0, 0.1) is 5.82 Å². The third-order valence-corrected chi connectivity index (χ3v) is 5.41. The van der Waals surface area contributed by atoms with Gasteiger partial charge in [-0.15, -0.1) is 0 Å². The summed E-state index contributed by atoms with van der Waals surface area (Å²) in [4.78, 5) is 17.5. The third kappa shape index (κ3) is 5.70. The molecule has 1 unspecified atom stereocenters. The molecule has 31 heavy (non-hydrogen) atoms. The highest BCUT2D eigenvalue weighted by Crippen LogP contribution is 2.32. The standard InChI is InChI=1S/C24H25FN2O4/c25-19-5-3-4-18(12-19)13-21-14-26-24(31-21)22-6-1-2-11-27(22)15-17-7-9-20(10-8-17)30-16-23(28)29/h3-5,7-10,12,14,22H,1-2,6,11,13,15-16H2,(H,28,29). The van der Waals surface area contributed by atoms with E-state index in [-0.39, 0.29) is 18.5 Å². The van der Waals surface area contributed by atoms with Gasteiger partial charge in [-0.25, -0.2) is 14.2 Å². The first-order chi connectivity index (χ1) is 15.1. The Hall–Kier alpha value is -3.19. The van der Waals surface area contributed by atoms with E-state index in [9.17, 15) is 9.18 Å². The van der Waals surface area contributed by atoms with Gasteiger partial charge in [-0.3, -0.25) is 4.90 Å². The highest BCUT2D eigenvalue weighted by Gasteiger charge is 2.28. The highest BCUT2D eigenvalue weighted by atomic mass is 19.1. The number of halogens is 1. The van der Waals surface area contributed by atoms with E-state index in [2.05, 4.69) is 9.88 Å². The summed E-state index contributed by atoms with van der Waals surface area (Å²) >= 11 is 0. The summed E-state index contributed by atoms with van der Waals surface area (Å²) in [6.45, 7) is 1.34. The zero-order chi connectivity index (χ0) is 21.6. The van der Waals surface area contributed by atoms with Gasteiger partial charge in [-0.2, -0.15) is 0 Å². The van der Waals surface area contributed by atoms with Crippen LogP contribution in [0.15, 0.2) is 59.1 Å². The smallest absolute Gasteiger partial charge is 0.341 e. The van der Waals surface area contributed by atoms with E-state index < -0.39 is 5.97 Å². The van der Waals surface area contributed by atoms with Crippen molar-refractivity contribution in [2.24, 2.45) is 0 Å². The van der Waals surface area contributed by atoms with E-state index in [1.807, 2.05) is 18.2 Å². The van der Waals surface area contributed by atoms with E-state index in [0.29, 0.717) is 18.1 Å². The second kappa shape index (κ2) is 9.75. The number of hydrogen-bond donors (Lipinski definition) is 1. The summed E-state index contributed by atoms with van der Waals surface area (Å²) in [5.41, 5.74) is 1.97. The Morgan fingerprint density at radius 2 is 2.03 bits per heavy atom. The molecule has 0 radical (unpaired) electrons. The Balaban J connectivity index is 1.42. The summed E-state index contributed by atoms with van der Waals surface area (Å²) in [6, 6.07) is 14.1. The molecular formula is C24H25FN2O4. The van der Waals surface area contributed by atoms with Crippen molar-refractivity contribution in [2.45, 2.75) is 38.3 Å². The molecule has 6 nitrogen and oxygen atoms in total. The molecule has 0 amide bonds. The van der Waals surface area contributed by atoms with E-state index >= 15 is 0 Å². The van der Waals surface area contributed by atoms with Crippen LogP contribution in [0.2, 0.25) is 0 Å². The number of likely N-dealkylation sites (tertiary alicyclic amines) is 1. The van der Waals surface area contributed by atoms with Crippen LogP contribution in [-0.4, -0.2) is 34.1 Å². The SMILES string of the molecule is O=C(O)COc1ccc(CN2CCCCC2c2ncc(Cc3cccc(F)c3)o2)cc1. The minimum Gasteiger partial charge on any atom is -0.482 e. The fraction of sp³-hybridized carbons (Fsp3) is 0.333. The van der Waals surface area contributed by atoms with Gasteiger partial charge in [0.1, 0.15) is 17.3 Å². The van der Waals surface area contributed by atoms with Crippen LogP contribution < -0.4 is 4.74 Å². The normalized spacial score (nSPS) is 16.9. The molecule has 1 aromatic heterocycles. The van der Waals surface area contributed by atoms with Crippen molar-refractivity contribution < 1.29 is 23.4 Å². The third-order valence-electron chi connectivity index (χ3n) is 5.41. The molecule has 1 atom stereocenters. The van der Waals surface area contributed by atoms with E-state index in [1.54, 1.807) is 24.4 Å². The summed E-state index contributed by atoms with van der Waals surface area (Å²) in [7, 11) is 0. The zero-order valence-corrected chi connectivity index (χ0v) is 17.2. The summed E-state index contributed by atoms with van der Waals surface area (Å²) in [5.74, 6) is 0.715. The Kier molecular flexibility index (Phi) is 6.62. The molecule has 162 valence electrons. The predicted octanol–water partition coefficient (Wildman–Crippen LogP) is 4.60. The number of aromatic nitrogens is 1. The number of benzene rings is 2. The van der Waals surface area contributed by atoms with Crippen molar-refractivity contribution in [3.05, 3.63) is 83.3 Å². The Morgan fingerprint density at radius 1 is 1.19 bits per heavy atom. The molecule has 7 heteroatoms. The Morgan fingerprint density at radius 3 is 2.81 bits per heavy atom. The first kappa shape index (κ1) is 21.1. The number of carboxylic acid groups (broad SMARTS) is 1. The molecule has 0 spiro atoms. The number of ether oxygens (including phenoxy) is 1. The minimum atomic E-state index is -0.997. The van der Waals surface area contributed by atoms with Gasteiger partial charge in [0, 0.05) is 13.0 Å². The molecule has 2 aromatic carbocycles. The molecule has 1 N–H and O–H groups in total. The number of carboxylic acids is 1. The van der Waals surface area contributed by atoms with Gasteiger partial charge < -0.3 is 14.3 Å². The van der Waals surface area contributed by atoms with Gasteiger partial charge in [0.25, 0.3) is 0 Å². The van der Waals surface area contributed by atoms with Gasteiger partial charge in [0.2, 0.25) is 5.89 Å². The van der Waals surface area contributed by atoms with E-state index in [4.69, 9.17) is 14.3 Å². The molecule has 1 aliphatic rings. The number of piperidine rings is 1. The maximum Gasteiger partial charge on any atom is 0.341 e. The molecule has 0 bridgehead atoms. The lowest BCUT2D eigenvalue weighted by molar-refractivity contribution is -0.139. The minimum absolute atomic E-state index is 0.0953. The molecule has 1 aliphatic heterocycles. The first-order valence-electron chi connectivity index (χ1n) is 10.4. The fourth-order valence-electron chi connectivity index (χ4n) is 3.94. The van der Waals surface area contributed by atoms with Crippen molar-refractivity contribution in [3.63, 3.8) is 0 Å². The maximum atomic E-state index is 13.4. The second-order valence-electron chi connectivity index (χ2n) is 7.78. The number of hydrogen-bond acceptors (Lipinski definition) is 5. The molecule has 2 heterocycles. The van der Waals surface area contributed by atoms with Crippen LogP contribution in [0.1, 0.15) is 48.1 Å². The quantitative estimate of drug-likeness (QED) is 0.570. The van der Waals surface area contributed by atoms with Gasteiger partial charge in [0.05, 0.1) is 12.2 Å². The topological polar surface area (TPSA) is 75.8 Å². The van der Waals surface area contributed by atoms with Gasteiger partial charge in [-0.1, -0.05) is 30.7 Å². The largest absolute Gasteiger partial charge is 0.482 e. The molecular weight excluding hydrogens is 399 g/mol. The van der Waals surface area contributed by atoms with Gasteiger partial charge in [0.15, 0.2) is 6.61 Å². The second-order valence-corrected chi connectivity index (χ2v) is 7.78. The number of rotatable bonds is 8. The van der Waals surface area contributed by atoms with E-state index in [1.165, 1.54) is 12.1 Å². The maximum absolute atomic E-state index is 13.4. The molecule has 1 saturated heterocycles. The molecule has 4 rings (SSSR count). The highest BCUT2D eigenvalue weighted by molar-refractivity contribution is 5.68. The molecule has 0 aliphatic carbocycles. The predicted molar refractivity (Wildman–Crippen MR) is 112 cm³/mol. The summed E-state index contributed by atoms with van der Waals surface area (Å²) in [6.07, 6.45) is 5.45. The Labute approximate surface area is 180 Å². The van der Waals surface area contributed by atoms with Crippen molar-refractivity contribution in [1.82, 2.24) is 9.88 Å².